The van der Waals surface area contributed by atoms with Gasteiger partial charge in [-0.05, 0) is 49.1 Å². The van der Waals surface area contributed by atoms with Gasteiger partial charge in [-0.1, -0.05) is 42.5 Å². The minimum atomic E-state index is -0.151. The molecule has 0 unspecified atom stereocenters. The van der Waals surface area contributed by atoms with Crippen molar-refractivity contribution in [3.05, 3.63) is 95.3 Å². The van der Waals surface area contributed by atoms with Crippen LogP contribution in [0.1, 0.15) is 39.3 Å². The first kappa shape index (κ1) is 22.4. The van der Waals surface area contributed by atoms with Gasteiger partial charge in [0.25, 0.3) is 11.8 Å². The van der Waals surface area contributed by atoms with E-state index in [0.717, 1.165) is 52.3 Å². The number of imidazole rings is 1. The second kappa shape index (κ2) is 9.46. The van der Waals surface area contributed by atoms with Crippen LogP contribution in [0.15, 0.2) is 67.3 Å². The Morgan fingerprint density at radius 2 is 1.94 bits per heavy atom. The molecule has 0 saturated carbocycles. The SMILES string of the molecule is Cc1[nH]c(/C=C2\C(=O)Nc3cc(-c4ccccc4)ccc32)c(C)c1C(=O)NCCCn1ccnc1. The van der Waals surface area contributed by atoms with Crippen LogP contribution in [0, 0.1) is 13.8 Å². The Kier molecular flexibility index (Phi) is 6.06. The molecule has 7 heteroatoms. The molecule has 35 heavy (non-hydrogen) atoms. The predicted octanol–water partition coefficient (Wildman–Crippen LogP) is 4.81. The van der Waals surface area contributed by atoms with Crippen LogP contribution in [-0.2, 0) is 11.3 Å². The van der Waals surface area contributed by atoms with Crippen molar-refractivity contribution in [3.8, 4) is 11.1 Å². The highest BCUT2D eigenvalue weighted by atomic mass is 16.2. The molecule has 1 aliphatic heterocycles. The van der Waals surface area contributed by atoms with Gasteiger partial charge in [0.1, 0.15) is 0 Å². The van der Waals surface area contributed by atoms with Crippen molar-refractivity contribution in [2.24, 2.45) is 0 Å². The van der Waals surface area contributed by atoms with Crippen molar-refractivity contribution in [3.63, 3.8) is 0 Å². The number of aryl methyl sites for hydroxylation is 2. The summed E-state index contributed by atoms with van der Waals surface area (Å²) in [7, 11) is 0. The molecule has 2 aromatic carbocycles. The number of carbonyl (C=O) groups excluding carboxylic acids is 2. The predicted molar refractivity (Wildman–Crippen MR) is 138 cm³/mol. The summed E-state index contributed by atoms with van der Waals surface area (Å²) < 4.78 is 1.98. The van der Waals surface area contributed by atoms with Crippen molar-refractivity contribution in [1.82, 2.24) is 19.9 Å². The number of amides is 2. The second-order valence-electron chi connectivity index (χ2n) is 8.71. The van der Waals surface area contributed by atoms with E-state index >= 15 is 0 Å². The van der Waals surface area contributed by atoms with Gasteiger partial charge < -0.3 is 20.2 Å². The molecule has 5 rings (SSSR count). The highest BCUT2D eigenvalue weighted by molar-refractivity contribution is 6.35. The van der Waals surface area contributed by atoms with Crippen molar-refractivity contribution < 1.29 is 9.59 Å². The largest absolute Gasteiger partial charge is 0.358 e. The molecule has 3 heterocycles. The van der Waals surface area contributed by atoms with Gasteiger partial charge in [-0.2, -0.15) is 0 Å². The number of aromatic amines is 1. The van der Waals surface area contributed by atoms with Gasteiger partial charge in [0.05, 0.1) is 17.5 Å². The first-order valence-electron chi connectivity index (χ1n) is 11.7. The number of H-pyrrole nitrogens is 1. The quantitative estimate of drug-likeness (QED) is 0.270. The Morgan fingerprint density at radius 3 is 2.71 bits per heavy atom. The molecule has 0 radical (unpaired) electrons. The van der Waals surface area contributed by atoms with Crippen LogP contribution in [-0.4, -0.2) is 32.9 Å². The van der Waals surface area contributed by atoms with E-state index in [0.29, 0.717) is 17.7 Å². The van der Waals surface area contributed by atoms with Gasteiger partial charge in [-0.15, -0.1) is 0 Å². The monoisotopic (exact) mass is 465 g/mol. The molecule has 0 fully saturated rings. The Labute approximate surface area is 203 Å². The van der Waals surface area contributed by atoms with E-state index in [-0.39, 0.29) is 11.8 Å². The first-order chi connectivity index (χ1) is 17.0. The molecular formula is C28H27N5O2. The second-order valence-corrected chi connectivity index (χ2v) is 8.71. The van der Waals surface area contributed by atoms with Crippen LogP contribution in [0.5, 0.6) is 0 Å². The summed E-state index contributed by atoms with van der Waals surface area (Å²) in [5, 5.41) is 5.98. The fraction of sp³-hybridized carbons (Fsp3) is 0.179. The maximum atomic E-state index is 12.9. The van der Waals surface area contributed by atoms with Crippen molar-refractivity contribution in [2.75, 3.05) is 11.9 Å². The zero-order chi connectivity index (χ0) is 24.4. The fourth-order valence-electron chi connectivity index (χ4n) is 4.52. The van der Waals surface area contributed by atoms with Gasteiger partial charge in [0.15, 0.2) is 0 Å². The molecule has 0 spiro atoms. The molecule has 0 atom stereocenters. The molecule has 1 aliphatic rings. The number of nitrogens with one attached hydrogen (secondary N) is 3. The highest BCUT2D eigenvalue weighted by Crippen LogP contribution is 2.36. The Balaban J connectivity index is 1.34. The number of anilines is 1. The lowest BCUT2D eigenvalue weighted by molar-refractivity contribution is -0.110. The molecule has 7 nitrogen and oxygen atoms in total. The maximum Gasteiger partial charge on any atom is 0.256 e. The molecule has 176 valence electrons. The van der Waals surface area contributed by atoms with E-state index in [1.165, 1.54) is 0 Å². The molecule has 3 N–H and O–H groups in total. The van der Waals surface area contributed by atoms with Crippen LogP contribution >= 0.6 is 0 Å². The third-order valence-electron chi connectivity index (χ3n) is 6.34. The molecular weight excluding hydrogens is 438 g/mol. The van der Waals surface area contributed by atoms with Gasteiger partial charge >= 0.3 is 0 Å². The van der Waals surface area contributed by atoms with E-state index in [2.05, 4.69) is 20.6 Å². The molecule has 0 bridgehead atoms. The minimum absolute atomic E-state index is 0.115. The van der Waals surface area contributed by atoms with Crippen LogP contribution in [0.4, 0.5) is 5.69 Å². The average Bonchev–Trinajstić information content (AvgIpc) is 3.56. The molecule has 0 aliphatic carbocycles. The standard InChI is InChI=1S/C28H27N5O2/c1-18-24(31-19(2)26(18)28(35)30-11-6-13-33-14-12-29-17-33)16-23-22-10-9-21(15-25(22)32-27(23)34)20-7-4-3-5-8-20/h3-5,7-10,12,14-17,31H,6,11,13H2,1-2H3,(H,30,35)(H,32,34)/b23-16-. The topological polar surface area (TPSA) is 91.8 Å². The fourth-order valence-corrected chi connectivity index (χ4v) is 4.52. The summed E-state index contributed by atoms with van der Waals surface area (Å²) in [5.74, 6) is -0.266. The van der Waals surface area contributed by atoms with Crippen molar-refractivity contribution >= 4 is 29.2 Å². The lowest BCUT2D eigenvalue weighted by Crippen LogP contribution is -2.26. The van der Waals surface area contributed by atoms with E-state index in [9.17, 15) is 9.59 Å². The number of carbonyl (C=O) groups is 2. The number of nitrogens with zero attached hydrogens (tertiary/aromatic N) is 2. The highest BCUT2D eigenvalue weighted by Gasteiger charge is 2.26. The van der Waals surface area contributed by atoms with Gasteiger partial charge in [-0.3, -0.25) is 9.59 Å². The Morgan fingerprint density at radius 1 is 1.11 bits per heavy atom. The van der Waals surface area contributed by atoms with E-state index in [1.54, 1.807) is 12.5 Å². The number of benzene rings is 2. The normalized spacial score (nSPS) is 13.7. The van der Waals surface area contributed by atoms with Gasteiger partial charge in [-0.25, -0.2) is 4.98 Å². The minimum Gasteiger partial charge on any atom is -0.358 e. The lowest BCUT2D eigenvalue weighted by atomic mass is 9.99. The summed E-state index contributed by atoms with van der Waals surface area (Å²) >= 11 is 0. The zero-order valence-electron chi connectivity index (χ0n) is 19.8. The number of aromatic nitrogens is 3. The number of hydrogen-bond donors (Lipinski definition) is 3. The average molecular weight is 466 g/mol. The maximum absolute atomic E-state index is 12.9. The van der Waals surface area contributed by atoms with Crippen molar-refractivity contribution in [1.29, 1.82) is 0 Å². The number of hydrogen-bond acceptors (Lipinski definition) is 3. The van der Waals surface area contributed by atoms with Crippen LogP contribution < -0.4 is 10.6 Å². The van der Waals surface area contributed by atoms with Crippen LogP contribution in [0.3, 0.4) is 0 Å². The number of fused-ring (bicyclic) bond motifs is 1. The Hall–Kier alpha value is -4.39. The van der Waals surface area contributed by atoms with E-state index < -0.39 is 0 Å². The van der Waals surface area contributed by atoms with Gasteiger partial charge in [0, 0.05) is 48.1 Å². The summed E-state index contributed by atoms with van der Waals surface area (Å²) in [4.78, 5) is 33.0. The molecule has 2 aromatic heterocycles. The molecule has 4 aromatic rings. The molecule has 2 amide bonds. The zero-order valence-corrected chi connectivity index (χ0v) is 19.8. The summed E-state index contributed by atoms with van der Waals surface area (Å²) in [5.41, 5.74) is 7.35. The Bertz CT molecular complexity index is 1420. The van der Waals surface area contributed by atoms with Crippen LogP contribution in [0.2, 0.25) is 0 Å². The number of rotatable bonds is 7. The first-order valence-corrected chi connectivity index (χ1v) is 11.7. The summed E-state index contributed by atoms with van der Waals surface area (Å²) in [6, 6.07) is 16.1. The van der Waals surface area contributed by atoms with Crippen LogP contribution in [0.25, 0.3) is 22.8 Å². The third kappa shape index (κ3) is 4.53. The molecule has 0 saturated heterocycles. The third-order valence-corrected chi connectivity index (χ3v) is 6.34. The lowest BCUT2D eigenvalue weighted by Gasteiger charge is -2.07. The van der Waals surface area contributed by atoms with Crippen molar-refractivity contribution in [2.45, 2.75) is 26.8 Å². The summed E-state index contributed by atoms with van der Waals surface area (Å²) in [6.45, 7) is 5.15. The van der Waals surface area contributed by atoms with Gasteiger partial charge in [0.2, 0.25) is 0 Å². The van der Waals surface area contributed by atoms with E-state index in [1.807, 2.05) is 79.2 Å². The smallest absolute Gasteiger partial charge is 0.256 e. The van der Waals surface area contributed by atoms with E-state index in [4.69, 9.17) is 0 Å². The summed E-state index contributed by atoms with van der Waals surface area (Å²) in [6.07, 6.45) is 8.06.